The van der Waals surface area contributed by atoms with Crippen LogP contribution in [0.25, 0.3) is 28.0 Å². The van der Waals surface area contributed by atoms with Gasteiger partial charge in [0.2, 0.25) is 0 Å². The number of hydrogen-bond donors (Lipinski definition) is 3. The maximum Gasteiger partial charge on any atom is 0.172 e. The standard InChI is InChI=1S/C19H18N6O3/c1-28-17-6-11(14-3-2-4-15(24-14)19(20)27)5-16-13(17)8-22-25(16)18-9-21-7-12(10-26)23-18/h2-9,19,26-27H,10,20H2,1H3/t19-/m0/s1. The monoisotopic (exact) mass is 378 g/mol. The van der Waals surface area contributed by atoms with Gasteiger partial charge in [0.1, 0.15) is 12.0 Å². The van der Waals surface area contributed by atoms with Crippen molar-refractivity contribution in [1.29, 1.82) is 0 Å². The Hall–Kier alpha value is -3.40. The highest BCUT2D eigenvalue weighted by atomic mass is 16.5. The van der Waals surface area contributed by atoms with Crippen molar-refractivity contribution in [3.63, 3.8) is 0 Å². The Morgan fingerprint density at radius 3 is 2.79 bits per heavy atom. The number of fused-ring (bicyclic) bond motifs is 1. The van der Waals surface area contributed by atoms with Crippen LogP contribution < -0.4 is 10.5 Å². The van der Waals surface area contributed by atoms with E-state index in [1.807, 2.05) is 18.2 Å². The summed E-state index contributed by atoms with van der Waals surface area (Å²) in [5.41, 5.74) is 8.47. The molecular weight excluding hydrogens is 360 g/mol. The van der Waals surface area contributed by atoms with E-state index in [0.717, 1.165) is 16.5 Å². The van der Waals surface area contributed by atoms with Gasteiger partial charge in [-0.1, -0.05) is 6.07 Å². The minimum absolute atomic E-state index is 0.216. The molecule has 1 atom stereocenters. The van der Waals surface area contributed by atoms with E-state index in [2.05, 4.69) is 20.1 Å². The van der Waals surface area contributed by atoms with Crippen molar-refractivity contribution < 1.29 is 14.9 Å². The predicted octanol–water partition coefficient (Wildman–Crippen LogP) is 1.33. The molecule has 4 N–H and O–H groups in total. The van der Waals surface area contributed by atoms with Crippen molar-refractivity contribution in [2.24, 2.45) is 5.73 Å². The molecule has 0 bridgehead atoms. The summed E-state index contributed by atoms with van der Waals surface area (Å²) < 4.78 is 7.15. The fourth-order valence-corrected chi connectivity index (χ4v) is 2.94. The number of hydrogen-bond acceptors (Lipinski definition) is 8. The van der Waals surface area contributed by atoms with Gasteiger partial charge in [-0.3, -0.25) is 4.98 Å². The number of aliphatic hydroxyl groups excluding tert-OH is 2. The van der Waals surface area contributed by atoms with Gasteiger partial charge in [-0.2, -0.15) is 5.10 Å². The minimum Gasteiger partial charge on any atom is -0.496 e. The number of ether oxygens (including phenoxy) is 1. The van der Waals surface area contributed by atoms with Gasteiger partial charge in [0.05, 0.1) is 60.3 Å². The summed E-state index contributed by atoms with van der Waals surface area (Å²) in [6.07, 6.45) is 3.58. The highest BCUT2D eigenvalue weighted by Crippen LogP contribution is 2.33. The Bertz CT molecular complexity index is 1140. The van der Waals surface area contributed by atoms with Crippen LogP contribution >= 0.6 is 0 Å². The molecule has 0 spiro atoms. The first kappa shape index (κ1) is 18.0. The number of rotatable bonds is 5. The Balaban J connectivity index is 1.91. The molecule has 1 aromatic carbocycles. The zero-order valence-electron chi connectivity index (χ0n) is 15.0. The molecule has 142 valence electrons. The predicted molar refractivity (Wildman–Crippen MR) is 102 cm³/mol. The van der Waals surface area contributed by atoms with E-state index in [0.29, 0.717) is 28.6 Å². The fourth-order valence-electron chi connectivity index (χ4n) is 2.94. The molecule has 3 heterocycles. The second-order valence-electron chi connectivity index (χ2n) is 6.09. The number of benzene rings is 1. The highest BCUT2D eigenvalue weighted by molar-refractivity contribution is 5.90. The lowest BCUT2D eigenvalue weighted by atomic mass is 10.1. The van der Waals surface area contributed by atoms with Crippen molar-refractivity contribution in [3.8, 4) is 22.8 Å². The Labute approximate surface area is 160 Å². The zero-order chi connectivity index (χ0) is 19.7. The van der Waals surface area contributed by atoms with Gasteiger partial charge in [-0.25, -0.2) is 14.6 Å². The number of methoxy groups -OCH3 is 1. The van der Waals surface area contributed by atoms with Gasteiger partial charge < -0.3 is 20.7 Å². The first-order valence-corrected chi connectivity index (χ1v) is 8.49. The molecule has 9 nitrogen and oxygen atoms in total. The number of pyridine rings is 1. The topological polar surface area (TPSA) is 132 Å². The van der Waals surface area contributed by atoms with Crippen molar-refractivity contribution >= 4 is 10.9 Å². The summed E-state index contributed by atoms with van der Waals surface area (Å²) in [5.74, 6) is 1.09. The van der Waals surface area contributed by atoms with Crippen molar-refractivity contribution in [3.05, 3.63) is 60.3 Å². The van der Waals surface area contributed by atoms with Crippen LogP contribution in [0.15, 0.2) is 48.9 Å². The van der Waals surface area contributed by atoms with Crippen LogP contribution in [0.4, 0.5) is 0 Å². The smallest absolute Gasteiger partial charge is 0.172 e. The fraction of sp³-hybridized carbons (Fsp3) is 0.158. The van der Waals surface area contributed by atoms with E-state index >= 15 is 0 Å². The Morgan fingerprint density at radius 2 is 2.04 bits per heavy atom. The third-order valence-corrected chi connectivity index (χ3v) is 4.29. The van der Waals surface area contributed by atoms with Gasteiger partial charge in [0, 0.05) is 5.56 Å². The van der Waals surface area contributed by atoms with Crippen LogP contribution in [0.1, 0.15) is 17.6 Å². The van der Waals surface area contributed by atoms with Crippen LogP contribution in [0.5, 0.6) is 5.75 Å². The molecule has 3 aromatic heterocycles. The van der Waals surface area contributed by atoms with Crippen molar-refractivity contribution in [2.45, 2.75) is 12.8 Å². The quantitative estimate of drug-likeness (QED) is 0.443. The molecule has 0 radical (unpaired) electrons. The molecule has 9 heteroatoms. The van der Waals surface area contributed by atoms with Crippen LogP contribution in [-0.2, 0) is 6.61 Å². The van der Waals surface area contributed by atoms with Gasteiger partial charge >= 0.3 is 0 Å². The van der Waals surface area contributed by atoms with Gasteiger partial charge in [-0.15, -0.1) is 0 Å². The van der Waals surface area contributed by atoms with Crippen LogP contribution in [0, 0.1) is 0 Å². The summed E-state index contributed by atoms with van der Waals surface area (Å²) in [6.45, 7) is -0.216. The van der Waals surface area contributed by atoms with E-state index < -0.39 is 6.23 Å². The van der Waals surface area contributed by atoms with Gasteiger partial charge in [-0.05, 0) is 24.3 Å². The van der Waals surface area contributed by atoms with Crippen LogP contribution in [-0.4, -0.2) is 42.1 Å². The molecule has 28 heavy (non-hydrogen) atoms. The van der Waals surface area contributed by atoms with Crippen LogP contribution in [0.3, 0.4) is 0 Å². The van der Waals surface area contributed by atoms with Crippen molar-refractivity contribution in [2.75, 3.05) is 7.11 Å². The highest BCUT2D eigenvalue weighted by Gasteiger charge is 2.15. The third-order valence-electron chi connectivity index (χ3n) is 4.29. The van der Waals surface area contributed by atoms with Gasteiger partial charge in [0.15, 0.2) is 5.82 Å². The molecule has 0 saturated carbocycles. The lowest BCUT2D eigenvalue weighted by molar-refractivity contribution is 0.181. The van der Waals surface area contributed by atoms with E-state index in [1.165, 1.54) is 6.20 Å². The average Bonchev–Trinajstić information content (AvgIpc) is 3.17. The zero-order valence-corrected chi connectivity index (χ0v) is 15.0. The molecule has 0 amide bonds. The summed E-state index contributed by atoms with van der Waals surface area (Å²) >= 11 is 0. The Kier molecular flexibility index (Phi) is 4.70. The molecule has 4 rings (SSSR count). The molecule has 0 unspecified atom stereocenters. The molecule has 0 fully saturated rings. The number of aromatic nitrogens is 5. The maximum atomic E-state index is 9.62. The minimum atomic E-state index is -1.16. The van der Waals surface area contributed by atoms with Crippen LogP contribution in [0.2, 0.25) is 0 Å². The first-order valence-electron chi connectivity index (χ1n) is 8.49. The number of aliphatic hydroxyl groups is 2. The summed E-state index contributed by atoms with van der Waals surface area (Å²) in [5, 5.41) is 24.1. The SMILES string of the molecule is COc1cc(-c2cccc([C@@H](N)O)n2)cc2c1cnn2-c1cncc(CO)n1. The van der Waals surface area contributed by atoms with Crippen molar-refractivity contribution in [1.82, 2.24) is 24.7 Å². The second-order valence-corrected chi connectivity index (χ2v) is 6.09. The molecular formula is C19H18N6O3. The third kappa shape index (κ3) is 3.18. The molecule has 0 aliphatic heterocycles. The normalized spacial score (nSPS) is 12.3. The van der Waals surface area contributed by atoms with Gasteiger partial charge in [0.25, 0.3) is 0 Å². The molecule has 0 saturated heterocycles. The lowest BCUT2D eigenvalue weighted by Crippen LogP contribution is -2.10. The Morgan fingerprint density at radius 1 is 1.18 bits per heavy atom. The summed E-state index contributed by atoms with van der Waals surface area (Å²) in [6, 6.07) is 8.99. The molecule has 4 aromatic rings. The van der Waals surface area contributed by atoms with E-state index in [1.54, 1.807) is 36.3 Å². The second kappa shape index (κ2) is 7.31. The van der Waals surface area contributed by atoms with E-state index in [9.17, 15) is 10.2 Å². The van der Waals surface area contributed by atoms with E-state index in [-0.39, 0.29) is 6.61 Å². The lowest BCUT2D eigenvalue weighted by Gasteiger charge is -2.10. The summed E-state index contributed by atoms with van der Waals surface area (Å²) in [4.78, 5) is 12.9. The average molecular weight is 378 g/mol. The first-order chi connectivity index (χ1) is 13.6. The molecule has 0 aliphatic carbocycles. The maximum absolute atomic E-state index is 9.62. The largest absolute Gasteiger partial charge is 0.496 e. The summed E-state index contributed by atoms with van der Waals surface area (Å²) in [7, 11) is 1.58. The number of nitrogens with zero attached hydrogens (tertiary/aromatic N) is 5. The van der Waals surface area contributed by atoms with E-state index in [4.69, 9.17) is 10.5 Å². The number of nitrogens with two attached hydrogens (primary N) is 1. The molecule has 0 aliphatic rings.